The van der Waals surface area contributed by atoms with Crippen LogP contribution in [0.15, 0.2) is 53.4 Å². The van der Waals surface area contributed by atoms with E-state index in [2.05, 4.69) is 0 Å². The summed E-state index contributed by atoms with van der Waals surface area (Å²) in [5.41, 5.74) is 1.35. The molecule has 1 heterocycles. The molecule has 0 saturated carbocycles. The highest BCUT2D eigenvalue weighted by atomic mass is 32.2. The van der Waals surface area contributed by atoms with E-state index in [0.29, 0.717) is 5.75 Å². The minimum Gasteiger partial charge on any atom is -0.492 e. The predicted octanol–water partition coefficient (Wildman–Crippen LogP) is 4.25. The van der Waals surface area contributed by atoms with Gasteiger partial charge < -0.3 is 4.74 Å². The number of aryl methyl sites for hydroxylation is 1. The zero-order valence-electron chi connectivity index (χ0n) is 13.6. The molecule has 0 bridgehead atoms. The maximum Gasteiger partial charge on any atom is 0.293 e. The Bertz CT molecular complexity index is 850. The lowest BCUT2D eigenvalue weighted by Crippen LogP contribution is -2.32. The fourth-order valence-electron chi connectivity index (χ4n) is 2.39. The zero-order valence-corrected chi connectivity index (χ0v) is 14.4. The number of benzene rings is 2. The molecule has 0 unspecified atom stereocenters. The van der Waals surface area contributed by atoms with Crippen molar-refractivity contribution in [2.45, 2.75) is 6.92 Å². The molecular weight excluding hydrogens is 341 g/mol. The molecule has 0 radical (unpaired) electrons. The molecule has 0 aliphatic carbocycles. The average Bonchev–Trinajstić information content (AvgIpc) is 2.84. The zero-order chi connectivity index (χ0) is 17.8. The maximum atomic E-state index is 13.7. The second-order valence-electron chi connectivity index (χ2n) is 5.52. The van der Waals surface area contributed by atoms with E-state index in [9.17, 15) is 14.0 Å². The number of ether oxygens (including phenoxy) is 1. The summed E-state index contributed by atoms with van der Waals surface area (Å²) in [6.07, 6.45) is 1.40. The Hall–Kier alpha value is -2.60. The van der Waals surface area contributed by atoms with Crippen molar-refractivity contribution in [1.29, 1.82) is 0 Å². The number of rotatable bonds is 5. The number of halogens is 1. The number of carbonyl (C=O) groups excluding carboxylic acids is 2. The lowest BCUT2D eigenvalue weighted by Gasteiger charge is -2.13. The SMILES string of the molecule is Cc1cccc(OCCN2C(=O)S/C(=C\c3ccccc3F)C2=O)c1. The standard InChI is InChI=1S/C19H16FNO3S/c1-13-5-4-7-15(11-13)24-10-9-21-18(22)17(25-19(21)23)12-14-6-2-3-8-16(14)20/h2-8,11-12H,9-10H2,1H3/b17-12-. The highest BCUT2D eigenvalue weighted by Crippen LogP contribution is 2.32. The van der Waals surface area contributed by atoms with Crippen LogP contribution < -0.4 is 4.74 Å². The van der Waals surface area contributed by atoms with Crippen LogP contribution in [0.3, 0.4) is 0 Å². The van der Waals surface area contributed by atoms with Gasteiger partial charge in [-0.15, -0.1) is 0 Å². The number of nitrogens with zero attached hydrogens (tertiary/aromatic N) is 1. The minimum atomic E-state index is -0.433. The van der Waals surface area contributed by atoms with Crippen molar-refractivity contribution in [2.24, 2.45) is 0 Å². The van der Waals surface area contributed by atoms with Crippen LogP contribution in [0, 0.1) is 12.7 Å². The van der Waals surface area contributed by atoms with E-state index in [0.717, 1.165) is 22.2 Å². The topological polar surface area (TPSA) is 46.6 Å². The van der Waals surface area contributed by atoms with E-state index >= 15 is 0 Å². The highest BCUT2D eigenvalue weighted by Gasteiger charge is 2.34. The van der Waals surface area contributed by atoms with Crippen LogP contribution in [0.5, 0.6) is 5.75 Å². The molecule has 1 aliphatic heterocycles. The molecule has 25 heavy (non-hydrogen) atoms. The molecular formula is C19H16FNO3S. The smallest absolute Gasteiger partial charge is 0.293 e. The van der Waals surface area contributed by atoms with Gasteiger partial charge in [0.1, 0.15) is 18.2 Å². The number of amides is 2. The van der Waals surface area contributed by atoms with Crippen molar-refractivity contribution in [3.05, 3.63) is 70.4 Å². The van der Waals surface area contributed by atoms with Crippen molar-refractivity contribution < 1.29 is 18.7 Å². The molecule has 1 saturated heterocycles. The molecule has 1 aliphatic rings. The van der Waals surface area contributed by atoms with E-state index in [1.807, 2.05) is 31.2 Å². The first-order valence-electron chi connectivity index (χ1n) is 7.74. The lowest BCUT2D eigenvalue weighted by atomic mass is 10.2. The molecule has 6 heteroatoms. The third kappa shape index (κ3) is 4.09. The number of imide groups is 1. The van der Waals surface area contributed by atoms with Gasteiger partial charge in [-0.25, -0.2) is 4.39 Å². The second kappa shape index (κ2) is 7.53. The summed E-state index contributed by atoms with van der Waals surface area (Å²) in [6.45, 7) is 2.30. The monoisotopic (exact) mass is 357 g/mol. The van der Waals surface area contributed by atoms with Crippen LogP contribution >= 0.6 is 11.8 Å². The van der Waals surface area contributed by atoms with Gasteiger partial charge in [0.05, 0.1) is 11.4 Å². The molecule has 0 atom stereocenters. The Kier molecular flexibility index (Phi) is 5.19. The Morgan fingerprint density at radius 1 is 1.16 bits per heavy atom. The largest absolute Gasteiger partial charge is 0.492 e. The first-order valence-corrected chi connectivity index (χ1v) is 8.55. The predicted molar refractivity (Wildman–Crippen MR) is 95.8 cm³/mol. The van der Waals surface area contributed by atoms with Gasteiger partial charge in [0, 0.05) is 5.56 Å². The van der Waals surface area contributed by atoms with Crippen molar-refractivity contribution in [1.82, 2.24) is 4.90 Å². The summed E-state index contributed by atoms with van der Waals surface area (Å²) >= 11 is 0.810. The van der Waals surface area contributed by atoms with Crippen molar-refractivity contribution in [3.63, 3.8) is 0 Å². The van der Waals surface area contributed by atoms with Gasteiger partial charge in [-0.1, -0.05) is 30.3 Å². The van der Waals surface area contributed by atoms with Gasteiger partial charge in [0.15, 0.2) is 0 Å². The van der Waals surface area contributed by atoms with Crippen LogP contribution in [0.2, 0.25) is 0 Å². The Balaban J connectivity index is 1.64. The molecule has 2 aromatic carbocycles. The summed E-state index contributed by atoms with van der Waals surface area (Å²) in [4.78, 5) is 25.7. The van der Waals surface area contributed by atoms with Gasteiger partial charge in [0.2, 0.25) is 0 Å². The number of carbonyl (C=O) groups is 2. The van der Waals surface area contributed by atoms with Gasteiger partial charge in [-0.3, -0.25) is 14.5 Å². The maximum absolute atomic E-state index is 13.7. The van der Waals surface area contributed by atoms with E-state index in [1.165, 1.54) is 12.1 Å². The number of thioether (sulfide) groups is 1. The fourth-order valence-corrected chi connectivity index (χ4v) is 3.24. The van der Waals surface area contributed by atoms with Crippen LogP contribution in [-0.2, 0) is 4.79 Å². The fraction of sp³-hybridized carbons (Fsp3) is 0.158. The van der Waals surface area contributed by atoms with Crippen LogP contribution in [0.4, 0.5) is 9.18 Å². The quantitative estimate of drug-likeness (QED) is 0.751. The summed E-state index contributed by atoms with van der Waals surface area (Å²) in [6, 6.07) is 13.6. The minimum absolute atomic E-state index is 0.146. The normalized spacial score (nSPS) is 15.9. The average molecular weight is 357 g/mol. The van der Waals surface area contributed by atoms with Crippen LogP contribution in [-0.4, -0.2) is 29.2 Å². The van der Waals surface area contributed by atoms with Crippen molar-refractivity contribution in [2.75, 3.05) is 13.2 Å². The molecule has 0 N–H and O–H groups in total. The second-order valence-corrected chi connectivity index (χ2v) is 6.51. The van der Waals surface area contributed by atoms with E-state index < -0.39 is 11.7 Å². The van der Waals surface area contributed by atoms with Gasteiger partial charge in [-0.2, -0.15) is 0 Å². The molecule has 0 spiro atoms. The summed E-state index contributed by atoms with van der Waals surface area (Å²) in [5, 5.41) is -0.375. The van der Waals surface area contributed by atoms with Gasteiger partial charge in [-0.05, 0) is 48.5 Å². The van der Waals surface area contributed by atoms with Crippen LogP contribution in [0.25, 0.3) is 6.08 Å². The summed E-state index contributed by atoms with van der Waals surface area (Å²) in [5.74, 6) is -0.169. The van der Waals surface area contributed by atoms with Gasteiger partial charge >= 0.3 is 0 Å². The van der Waals surface area contributed by atoms with Crippen LogP contribution in [0.1, 0.15) is 11.1 Å². The molecule has 1 fully saturated rings. The first kappa shape index (κ1) is 17.2. The van der Waals surface area contributed by atoms with E-state index in [1.54, 1.807) is 18.2 Å². The molecule has 4 nitrogen and oxygen atoms in total. The third-order valence-corrected chi connectivity index (χ3v) is 4.55. The number of hydrogen-bond donors (Lipinski definition) is 0. The molecule has 2 aromatic rings. The third-order valence-electron chi connectivity index (χ3n) is 3.64. The highest BCUT2D eigenvalue weighted by molar-refractivity contribution is 8.18. The van der Waals surface area contributed by atoms with Crippen molar-refractivity contribution in [3.8, 4) is 5.75 Å². The first-order chi connectivity index (χ1) is 12.0. The summed E-state index contributed by atoms with van der Waals surface area (Å²) < 4.78 is 19.3. The van der Waals surface area contributed by atoms with Gasteiger partial charge in [0.25, 0.3) is 11.1 Å². The Morgan fingerprint density at radius 2 is 1.96 bits per heavy atom. The molecule has 128 valence electrons. The summed E-state index contributed by atoms with van der Waals surface area (Å²) in [7, 11) is 0. The lowest BCUT2D eigenvalue weighted by molar-refractivity contribution is -0.123. The van der Waals surface area contributed by atoms with Crippen molar-refractivity contribution >= 4 is 29.0 Å². The molecule has 2 amide bonds. The Morgan fingerprint density at radius 3 is 2.72 bits per heavy atom. The molecule has 3 rings (SSSR count). The van der Waals surface area contributed by atoms with E-state index in [-0.39, 0.29) is 28.9 Å². The number of hydrogen-bond acceptors (Lipinski definition) is 4. The Labute approximate surface area is 149 Å². The molecule has 0 aromatic heterocycles. The van der Waals surface area contributed by atoms with E-state index in [4.69, 9.17) is 4.74 Å².